The Balaban J connectivity index is 2.37. The molecule has 1 aliphatic heterocycles. The Hall–Kier alpha value is -0.900. The van der Waals surface area contributed by atoms with E-state index in [0.717, 1.165) is 6.42 Å². The first kappa shape index (κ1) is 14.5. The summed E-state index contributed by atoms with van der Waals surface area (Å²) >= 11 is 6.56. The van der Waals surface area contributed by atoms with Crippen LogP contribution in [0.2, 0.25) is 0 Å². The van der Waals surface area contributed by atoms with Gasteiger partial charge in [0.25, 0.3) is 0 Å². The molecule has 2 rings (SSSR count). The summed E-state index contributed by atoms with van der Waals surface area (Å²) in [5.41, 5.74) is -0.187. The normalized spacial score (nSPS) is 30.5. The molecule has 2 atom stereocenters. The van der Waals surface area contributed by atoms with Gasteiger partial charge in [0.05, 0.1) is 6.61 Å². The van der Waals surface area contributed by atoms with Crippen LogP contribution in [0.25, 0.3) is 0 Å². The molecule has 1 aromatic carbocycles. The summed E-state index contributed by atoms with van der Waals surface area (Å²) in [5.74, 6) is -0.220. The Morgan fingerprint density at radius 2 is 2.11 bits per heavy atom. The second-order valence-electron chi connectivity index (χ2n) is 4.84. The van der Waals surface area contributed by atoms with Gasteiger partial charge >= 0.3 is 0 Å². The first-order valence-electron chi connectivity index (χ1n) is 6.57. The number of alkyl halides is 1. The van der Waals surface area contributed by atoms with Crippen molar-refractivity contribution in [2.75, 3.05) is 13.7 Å². The van der Waals surface area contributed by atoms with Gasteiger partial charge in [-0.15, -0.1) is 0 Å². The summed E-state index contributed by atoms with van der Waals surface area (Å²) < 4.78 is 11.2. The van der Waals surface area contributed by atoms with Gasteiger partial charge in [0, 0.05) is 19.1 Å². The molecule has 19 heavy (non-hydrogen) atoms. The number of carbonyl (C=O) groups is 1. The Morgan fingerprint density at radius 1 is 1.42 bits per heavy atom. The summed E-state index contributed by atoms with van der Waals surface area (Å²) in [6.45, 7) is 2.49. The quantitative estimate of drug-likeness (QED) is 0.613. The van der Waals surface area contributed by atoms with Gasteiger partial charge in [-0.05, 0) is 6.42 Å². The highest BCUT2D eigenvalue weighted by Crippen LogP contribution is 2.46. The maximum atomic E-state index is 12.7. The molecule has 0 amide bonds. The molecule has 0 bridgehead atoms. The fraction of sp³-hybridized carbons (Fsp3) is 0.533. The minimum atomic E-state index is -1.42. The van der Waals surface area contributed by atoms with Crippen molar-refractivity contribution in [1.29, 1.82) is 0 Å². The van der Waals surface area contributed by atoms with Crippen LogP contribution >= 0.6 is 11.6 Å². The molecule has 4 heteroatoms. The number of methoxy groups -OCH3 is 1. The number of halogens is 1. The molecule has 3 nitrogen and oxygen atoms in total. The molecule has 104 valence electrons. The number of ether oxygens (including phenoxy) is 2. The molecular formula is C15H19ClO3. The molecule has 0 aliphatic carbocycles. The maximum Gasteiger partial charge on any atom is 0.234 e. The van der Waals surface area contributed by atoms with Gasteiger partial charge in [0.2, 0.25) is 10.8 Å². The van der Waals surface area contributed by atoms with Crippen molar-refractivity contribution >= 4 is 17.4 Å². The highest BCUT2D eigenvalue weighted by Gasteiger charge is 2.60. The zero-order valence-electron chi connectivity index (χ0n) is 11.3. The van der Waals surface area contributed by atoms with Gasteiger partial charge in [0.15, 0.2) is 0 Å². The van der Waals surface area contributed by atoms with E-state index >= 15 is 0 Å². The number of benzene rings is 1. The van der Waals surface area contributed by atoms with E-state index in [4.69, 9.17) is 21.1 Å². The van der Waals surface area contributed by atoms with E-state index in [0.29, 0.717) is 25.0 Å². The fourth-order valence-electron chi connectivity index (χ4n) is 2.72. The monoisotopic (exact) mass is 282 g/mol. The molecule has 0 N–H and O–H groups in total. The number of rotatable bonds is 5. The zero-order valence-corrected chi connectivity index (χ0v) is 12.1. The Labute approximate surface area is 118 Å². The van der Waals surface area contributed by atoms with Crippen molar-refractivity contribution in [3.8, 4) is 0 Å². The highest BCUT2D eigenvalue weighted by atomic mass is 35.5. The van der Waals surface area contributed by atoms with Gasteiger partial charge in [-0.25, -0.2) is 0 Å². The third kappa shape index (κ3) is 2.31. The SMILES string of the molecule is CCCC1(OC)CCOC1(Cl)C(=O)c1ccccc1. The first-order chi connectivity index (χ1) is 9.09. The van der Waals surface area contributed by atoms with Crippen LogP contribution in [0.5, 0.6) is 0 Å². The largest absolute Gasteiger partial charge is 0.373 e. The van der Waals surface area contributed by atoms with Crippen LogP contribution in [0.1, 0.15) is 36.5 Å². The topological polar surface area (TPSA) is 35.5 Å². The predicted octanol–water partition coefficient (Wildman–Crippen LogP) is 3.41. The van der Waals surface area contributed by atoms with Crippen molar-refractivity contribution in [1.82, 2.24) is 0 Å². The first-order valence-corrected chi connectivity index (χ1v) is 6.95. The second kappa shape index (κ2) is 5.61. The van der Waals surface area contributed by atoms with E-state index in [9.17, 15) is 4.79 Å². The predicted molar refractivity (Wildman–Crippen MR) is 74.6 cm³/mol. The van der Waals surface area contributed by atoms with Gasteiger partial charge < -0.3 is 9.47 Å². The molecule has 0 saturated carbocycles. The van der Waals surface area contributed by atoms with Crippen LogP contribution in [0, 0.1) is 0 Å². The van der Waals surface area contributed by atoms with Crippen molar-refractivity contribution in [3.63, 3.8) is 0 Å². The molecule has 0 aromatic heterocycles. The van der Waals surface area contributed by atoms with Crippen molar-refractivity contribution in [2.24, 2.45) is 0 Å². The average molecular weight is 283 g/mol. The van der Waals surface area contributed by atoms with Crippen molar-refractivity contribution in [3.05, 3.63) is 35.9 Å². The lowest BCUT2D eigenvalue weighted by Gasteiger charge is -2.37. The molecule has 1 heterocycles. The average Bonchev–Trinajstić information content (AvgIpc) is 2.78. The third-order valence-electron chi connectivity index (χ3n) is 3.77. The lowest BCUT2D eigenvalue weighted by atomic mass is 9.85. The molecule has 1 fully saturated rings. The second-order valence-corrected chi connectivity index (χ2v) is 5.37. The Kier molecular flexibility index (Phi) is 4.29. The molecule has 0 spiro atoms. The van der Waals surface area contributed by atoms with Crippen molar-refractivity contribution < 1.29 is 14.3 Å². The van der Waals surface area contributed by atoms with Crippen LogP contribution in [0.4, 0.5) is 0 Å². The fourth-order valence-corrected chi connectivity index (χ4v) is 3.17. The number of Topliss-reactive ketones (excluding diaryl/α,β-unsaturated/α-hetero) is 1. The van der Waals surface area contributed by atoms with E-state index < -0.39 is 10.7 Å². The van der Waals surface area contributed by atoms with Crippen molar-refractivity contribution in [2.45, 2.75) is 36.8 Å². The zero-order chi connectivity index (χ0) is 13.9. The van der Waals surface area contributed by atoms with Gasteiger partial charge in [-0.3, -0.25) is 4.79 Å². The summed E-state index contributed by atoms with van der Waals surface area (Å²) in [6.07, 6.45) is 2.22. The highest BCUT2D eigenvalue weighted by molar-refractivity contribution is 6.38. The van der Waals surface area contributed by atoms with E-state index in [1.54, 1.807) is 19.2 Å². The standard InChI is InChI=1S/C15H19ClO3/c1-3-9-14(18-2)10-11-19-15(14,16)13(17)12-7-5-4-6-8-12/h4-8H,3,9-11H2,1-2H3. The number of ketones is 1. The number of hydrogen-bond donors (Lipinski definition) is 0. The molecule has 1 aromatic rings. The van der Waals surface area contributed by atoms with Crippen LogP contribution in [0.3, 0.4) is 0 Å². The lowest BCUT2D eigenvalue weighted by molar-refractivity contribution is -0.0785. The Bertz CT molecular complexity index is 448. The molecule has 1 aliphatic rings. The Morgan fingerprint density at radius 3 is 2.68 bits per heavy atom. The summed E-state index contributed by atoms with van der Waals surface area (Å²) in [5, 5.41) is -1.42. The van der Waals surface area contributed by atoms with E-state index in [1.165, 1.54) is 0 Å². The summed E-state index contributed by atoms with van der Waals surface area (Å²) in [7, 11) is 1.60. The molecule has 1 saturated heterocycles. The van der Waals surface area contributed by atoms with Crippen LogP contribution in [-0.4, -0.2) is 30.2 Å². The minimum Gasteiger partial charge on any atom is -0.373 e. The maximum absolute atomic E-state index is 12.7. The van der Waals surface area contributed by atoms with E-state index in [-0.39, 0.29) is 5.78 Å². The number of carbonyl (C=O) groups excluding carboxylic acids is 1. The molecule has 0 radical (unpaired) electrons. The van der Waals surface area contributed by atoms with E-state index in [2.05, 4.69) is 0 Å². The van der Waals surface area contributed by atoms with Crippen LogP contribution < -0.4 is 0 Å². The van der Waals surface area contributed by atoms with E-state index in [1.807, 2.05) is 25.1 Å². The minimum absolute atomic E-state index is 0.220. The smallest absolute Gasteiger partial charge is 0.234 e. The van der Waals surface area contributed by atoms with Gasteiger partial charge in [0.1, 0.15) is 5.60 Å². The summed E-state index contributed by atoms with van der Waals surface area (Å²) in [6, 6.07) is 9.00. The van der Waals surface area contributed by atoms with Gasteiger partial charge in [-0.1, -0.05) is 55.3 Å². The van der Waals surface area contributed by atoms with Crippen LogP contribution in [0.15, 0.2) is 30.3 Å². The molecular weight excluding hydrogens is 264 g/mol. The number of hydrogen-bond acceptors (Lipinski definition) is 3. The summed E-state index contributed by atoms with van der Waals surface area (Å²) in [4.78, 5) is 12.7. The molecule has 2 unspecified atom stereocenters. The lowest BCUT2D eigenvalue weighted by Crippen LogP contribution is -2.53. The van der Waals surface area contributed by atoms with Crippen LogP contribution in [-0.2, 0) is 9.47 Å². The van der Waals surface area contributed by atoms with Gasteiger partial charge in [-0.2, -0.15) is 0 Å². The third-order valence-corrected chi connectivity index (χ3v) is 4.39.